The van der Waals surface area contributed by atoms with Crippen molar-refractivity contribution >= 4 is 5.91 Å². The monoisotopic (exact) mass is 195 g/mol. The van der Waals surface area contributed by atoms with Crippen LogP contribution in [-0.2, 0) is 9.53 Å². The minimum absolute atomic E-state index is 0.125. The number of carbonyl (C=O) groups excluding carboxylic acids is 1. The molecule has 1 N–H and O–H groups in total. The van der Waals surface area contributed by atoms with Gasteiger partial charge in [0.25, 0.3) is 0 Å². The summed E-state index contributed by atoms with van der Waals surface area (Å²) in [4.78, 5) is 11.9. The number of hydrogen-bond acceptors (Lipinski definition) is 2. The lowest BCUT2D eigenvalue weighted by Gasteiger charge is -2.31. The minimum atomic E-state index is -0.300. The van der Waals surface area contributed by atoms with Gasteiger partial charge in [0, 0.05) is 12.0 Å². The number of rotatable bonds is 2. The van der Waals surface area contributed by atoms with E-state index >= 15 is 0 Å². The van der Waals surface area contributed by atoms with Crippen LogP contribution in [0, 0.1) is 11.3 Å². The van der Waals surface area contributed by atoms with Crippen LogP contribution in [-0.4, -0.2) is 12.5 Å². The molecule has 2 rings (SSSR count). The van der Waals surface area contributed by atoms with E-state index < -0.39 is 0 Å². The van der Waals surface area contributed by atoms with E-state index in [1.807, 2.05) is 0 Å². The van der Waals surface area contributed by atoms with Gasteiger partial charge in [-0.3, -0.25) is 10.1 Å². The van der Waals surface area contributed by atoms with Crippen LogP contribution in [0.4, 0.5) is 0 Å². The quantitative estimate of drug-likeness (QED) is 0.729. The Labute approximate surface area is 84.5 Å². The SMILES string of the molecule is CCC1(C(C)C)C(=O)NC2=C1CCO2. The second-order valence-corrected chi connectivity index (χ2v) is 4.34. The molecule has 3 nitrogen and oxygen atoms in total. The van der Waals surface area contributed by atoms with Crippen molar-refractivity contribution in [2.24, 2.45) is 11.3 Å². The molecule has 14 heavy (non-hydrogen) atoms. The summed E-state index contributed by atoms with van der Waals surface area (Å²) in [5.41, 5.74) is 0.895. The highest BCUT2D eigenvalue weighted by atomic mass is 16.5. The van der Waals surface area contributed by atoms with Crippen LogP contribution in [0.25, 0.3) is 0 Å². The van der Waals surface area contributed by atoms with Gasteiger partial charge in [0.2, 0.25) is 5.91 Å². The molecule has 0 spiro atoms. The summed E-state index contributed by atoms with van der Waals surface area (Å²) in [5.74, 6) is 1.20. The third kappa shape index (κ3) is 0.954. The Morgan fingerprint density at radius 2 is 2.29 bits per heavy atom. The Morgan fingerprint density at radius 1 is 1.57 bits per heavy atom. The van der Waals surface area contributed by atoms with Crippen molar-refractivity contribution in [1.29, 1.82) is 0 Å². The van der Waals surface area contributed by atoms with Crippen molar-refractivity contribution in [2.45, 2.75) is 33.6 Å². The van der Waals surface area contributed by atoms with Gasteiger partial charge in [0.05, 0.1) is 12.0 Å². The van der Waals surface area contributed by atoms with E-state index in [0.717, 1.165) is 25.3 Å². The van der Waals surface area contributed by atoms with E-state index in [2.05, 4.69) is 26.1 Å². The van der Waals surface area contributed by atoms with E-state index in [0.29, 0.717) is 5.92 Å². The summed E-state index contributed by atoms with van der Waals surface area (Å²) in [7, 11) is 0. The summed E-state index contributed by atoms with van der Waals surface area (Å²) >= 11 is 0. The molecule has 2 aliphatic rings. The molecule has 1 atom stereocenters. The first-order chi connectivity index (χ1) is 6.63. The molecule has 1 amide bonds. The van der Waals surface area contributed by atoms with Gasteiger partial charge in [-0.05, 0) is 12.3 Å². The maximum absolute atomic E-state index is 11.9. The maximum Gasteiger partial charge on any atom is 0.237 e. The number of hydrogen-bond donors (Lipinski definition) is 1. The van der Waals surface area contributed by atoms with Crippen LogP contribution in [0.3, 0.4) is 0 Å². The summed E-state index contributed by atoms with van der Waals surface area (Å²) < 4.78 is 5.40. The highest BCUT2D eigenvalue weighted by Crippen LogP contribution is 2.48. The van der Waals surface area contributed by atoms with Gasteiger partial charge in [0.15, 0.2) is 5.88 Å². The standard InChI is InChI=1S/C11H17NO2/c1-4-11(7(2)3)8-5-6-14-9(8)12-10(11)13/h7H,4-6H2,1-3H3,(H,12,13). The van der Waals surface area contributed by atoms with Crippen molar-refractivity contribution in [2.75, 3.05) is 6.61 Å². The molecular formula is C11H17NO2. The number of amides is 1. The molecule has 0 aromatic heterocycles. The summed E-state index contributed by atoms with van der Waals surface area (Å²) in [5, 5.41) is 2.86. The lowest BCUT2D eigenvalue weighted by molar-refractivity contribution is -0.129. The molecule has 1 unspecified atom stereocenters. The smallest absolute Gasteiger partial charge is 0.237 e. The molecule has 2 aliphatic heterocycles. The normalized spacial score (nSPS) is 30.7. The van der Waals surface area contributed by atoms with Crippen LogP contribution in [0.15, 0.2) is 11.5 Å². The predicted molar refractivity (Wildman–Crippen MR) is 53.3 cm³/mol. The molecule has 0 aliphatic carbocycles. The second-order valence-electron chi connectivity index (χ2n) is 4.34. The van der Waals surface area contributed by atoms with E-state index in [9.17, 15) is 4.79 Å². The molecule has 0 bridgehead atoms. The van der Waals surface area contributed by atoms with Gasteiger partial charge >= 0.3 is 0 Å². The molecule has 0 fully saturated rings. The third-order valence-corrected chi connectivity index (χ3v) is 3.59. The zero-order valence-corrected chi connectivity index (χ0v) is 9.02. The van der Waals surface area contributed by atoms with Gasteiger partial charge in [-0.25, -0.2) is 0 Å². The third-order valence-electron chi connectivity index (χ3n) is 3.59. The fraction of sp³-hybridized carbons (Fsp3) is 0.727. The maximum atomic E-state index is 11.9. The molecule has 0 saturated carbocycles. The lowest BCUT2D eigenvalue weighted by atomic mass is 9.69. The highest BCUT2D eigenvalue weighted by molar-refractivity contribution is 5.91. The van der Waals surface area contributed by atoms with Crippen molar-refractivity contribution in [3.05, 3.63) is 11.5 Å². The number of carbonyl (C=O) groups is 1. The first kappa shape index (κ1) is 9.56. The lowest BCUT2D eigenvalue weighted by Crippen LogP contribution is -2.39. The molecule has 0 aromatic rings. The van der Waals surface area contributed by atoms with Crippen molar-refractivity contribution < 1.29 is 9.53 Å². The summed E-state index contributed by atoms with van der Waals surface area (Å²) in [6, 6.07) is 0. The molecule has 0 aromatic carbocycles. The van der Waals surface area contributed by atoms with Crippen LogP contribution < -0.4 is 5.32 Å². The number of ether oxygens (including phenoxy) is 1. The zero-order valence-electron chi connectivity index (χ0n) is 9.02. The topological polar surface area (TPSA) is 38.3 Å². The highest BCUT2D eigenvalue weighted by Gasteiger charge is 2.51. The first-order valence-corrected chi connectivity index (χ1v) is 5.30. The fourth-order valence-corrected chi connectivity index (χ4v) is 2.74. The Balaban J connectivity index is 2.44. The van der Waals surface area contributed by atoms with Gasteiger partial charge in [0.1, 0.15) is 0 Å². The molecule has 0 saturated heterocycles. The van der Waals surface area contributed by atoms with Crippen molar-refractivity contribution in [3.63, 3.8) is 0 Å². The summed E-state index contributed by atoms with van der Waals surface area (Å²) in [6.07, 6.45) is 1.76. The van der Waals surface area contributed by atoms with Gasteiger partial charge in [-0.15, -0.1) is 0 Å². The fourth-order valence-electron chi connectivity index (χ4n) is 2.74. The molecule has 3 heteroatoms. The van der Waals surface area contributed by atoms with Crippen molar-refractivity contribution in [1.82, 2.24) is 5.32 Å². The van der Waals surface area contributed by atoms with Crippen molar-refractivity contribution in [3.8, 4) is 0 Å². The first-order valence-electron chi connectivity index (χ1n) is 5.30. The van der Waals surface area contributed by atoms with Crippen LogP contribution in [0.2, 0.25) is 0 Å². The Hall–Kier alpha value is -0.990. The van der Waals surface area contributed by atoms with Crippen LogP contribution >= 0.6 is 0 Å². The molecule has 78 valence electrons. The van der Waals surface area contributed by atoms with E-state index in [1.54, 1.807) is 0 Å². The molecular weight excluding hydrogens is 178 g/mol. The van der Waals surface area contributed by atoms with Gasteiger partial charge < -0.3 is 4.74 Å². The number of nitrogens with one attached hydrogen (secondary N) is 1. The largest absolute Gasteiger partial charge is 0.479 e. The Kier molecular flexibility index (Phi) is 2.05. The average Bonchev–Trinajstić information content (AvgIpc) is 2.63. The Bertz CT molecular complexity index is 306. The Morgan fingerprint density at radius 3 is 2.86 bits per heavy atom. The van der Waals surface area contributed by atoms with Crippen LogP contribution in [0.5, 0.6) is 0 Å². The van der Waals surface area contributed by atoms with Crippen LogP contribution in [0.1, 0.15) is 33.6 Å². The van der Waals surface area contributed by atoms with E-state index in [4.69, 9.17) is 4.74 Å². The molecule has 2 heterocycles. The van der Waals surface area contributed by atoms with E-state index in [1.165, 1.54) is 5.57 Å². The van der Waals surface area contributed by atoms with E-state index in [-0.39, 0.29) is 11.3 Å². The van der Waals surface area contributed by atoms with Gasteiger partial charge in [-0.1, -0.05) is 20.8 Å². The van der Waals surface area contributed by atoms with Gasteiger partial charge in [-0.2, -0.15) is 0 Å². The average molecular weight is 195 g/mol. The second kappa shape index (κ2) is 3.01. The minimum Gasteiger partial charge on any atom is -0.479 e. The summed E-state index contributed by atoms with van der Waals surface area (Å²) in [6.45, 7) is 7.02. The zero-order chi connectivity index (χ0) is 10.3. The molecule has 0 radical (unpaired) electrons. The predicted octanol–water partition coefficient (Wildman–Crippen LogP) is 1.80.